The summed E-state index contributed by atoms with van der Waals surface area (Å²) in [6.45, 7) is 6.88. The Kier molecular flexibility index (Phi) is 7.79. The standard InChI is InChI=1S/C60H52N2/c1-59(2,3)44-22-28-56-52(33-44)50-12-4-6-16-54(50)61(56)46-24-18-41(19-25-46)48-14-8-10-43-11-9-15-49(58(43)48)42-20-26-47(27-21-42)62-55-17-7-5-13-51(55)53-34-45(23-29-57(53)62)60-35-38-30-39(36-60)32-40(31-38)37-60/h4-29,33-34,38-40H,30-32,35-37H2,1-3H3. The summed E-state index contributed by atoms with van der Waals surface area (Å²) in [4.78, 5) is 0. The normalized spacial score (nSPS) is 21.0. The molecule has 4 saturated carbocycles. The van der Waals surface area contributed by atoms with E-state index >= 15 is 0 Å². The van der Waals surface area contributed by atoms with Crippen LogP contribution >= 0.6 is 0 Å². The van der Waals surface area contributed by atoms with Crippen molar-refractivity contribution < 1.29 is 0 Å². The number of hydrogen-bond acceptors (Lipinski definition) is 0. The van der Waals surface area contributed by atoms with Gasteiger partial charge in [-0.15, -0.1) is 0 Å². The summed E-state index contributed by atoms with van der Waals surface area (Å²) in [7, 11) is 0. The van der Waals surface area contributed by atoms with Gasteiger partial charge < -0.3 is 9.13 Å². The van der Waals surface area contributed by atoms with Crippen molar-refractivity contribution in [1.82, 2.24) is 9.13 Å². The Bertz CT molecular complexity index is 3360. The van der Waals surface area contributed by atoms with E-state index in [1.807, 2.05) is 0 Å². The van der Waals surface area contributed by atoms with Crippen LogP contribution < -0.4 is 0 Å². The van der Waals surface area contributed by atoms with Gasteiger partial charge in [-0.3, -0.25) is 0 Å². The summed E-state index contributed by atoms with van der Waals surface area (Å²) in [5.41, 5.74) is 15.8. The zero-order valence-electron chi connectivity index (χ0n) is 36.0. The molecule has 0 spiro atoms. The predicted molar refractivity (Wildman–Crippen MR) is 262 cm³/mol. The molecule has 0 N–H and O–H groups in total. The van der Waals surface area contributed by atoms with Gasteiger partial charge in [0.05, 0.1) is 22.1 Å². The van der Waals surface area contributed by atoms with E-state index in [1.165, 1.54) is 132 Å². The molecule has 2 heterocycles. The Labute approximate surface area is 364 Å². The van der Waals surface area contributed by atoms with Crippen molar-refractivity contribution in [2.24, 2.45) is 17.8 Å². The maximum atomic E-state index is 2.60. The summed E-state index contributed by atoms with van der Waals surface area (Å²) < 4.78 is 4.92. The van der Waals surface area contributed by atoms with E-state index in [4.69, 9.17) is 0 Å². The molecule has 4 aliphatic carbocycles. The molecule has 8 aromatic carbocycles. The molecule has 2 aromatic heterocycles. The third-order valence-corrected chi connectivity index (χ3v) is 15.6. The predicted octanol–water partition coefficient (Wildman–Crippen LogP) is 16.1. The van der Waals surface area contributed by atoms with Gasteiger partial charge in [0.25, 0.3) is 0 Å². The van der Waals surface area contributed by atoms with Crippen molar-refractivity contribution in [1.29, 1.82) is 0 Å². The average molecular weight is 801 g/mol. The zero-order chi connectivity index (χ0) is 41.3. The van der Waals surface area contributed by atoms with E-state index in [2.05, 4.69) is 200 Å². The van der Waals surface area contributed by atoms with Crippen LogP contribution in [-0.4, -0.2) is 9.13 Å². The van der Waals surface area contributed by atoms with Gasteiger partial charge in [0.1, 0.15) is 0 Å². The maximum Gasteiger partial charge on any atom is 0.0541 e. The highest BCUT2D eigenvalue weighted by atomic mass is 15.0. The molecular weight excluding hydrogens is 749 g/mol. The van der Waals surface area contributed by atoms with Crippen LogP contribution in [0.2, 0.25) is 0 Å². The molecule has 0 radical (unpaired) electrons. The third-order valence-electron chi connectivity index (χ3n) is 15.6. The molecule has 4 aliphatic rings. The molecular formula is C60H52N2. The summed E-state index contributed by atoms with van der Waals surface area (Å²) in [6, 6.07) is 64.5. The van der Waals surface area contributed by atoms with E-state index in [0.717, 1.165) is 17.8 Å². The molecule has 4 fully saturated rings. The van der Waals surface area contributed by atoms with Gasteiger partial charge in [-0.1, -0.05) is 130 Å². The van der Waals surface area contributed by atoms with Gasteiger partial charge in [-0.05, 0) is 172 Å². The molecule has 10 aromatic rings. The lowest BCUT2D eigenvalue weighted by Crippen LogP contribution is -2.48. The molecule has 0 amide bonds. The summed E-state index contributed by atoms with van der Waals surface area (Å²) in [5, 5.41) is 7.90. The quantitative estimate of drug-likeness (QED) is 0.164. The Balaban J connectivity index is 0.875. The summed E-state index contributed by atoms with van der Waals surface area (Å²) >= 11 is 0. The van der Waals surface area contributed by atoms with Gasteiger partial charge in [-0.25, -0.2) is 0 Å². The number of rotatable bonds is 5. The second-order valence-corrected chi connectivity index (χ2v) is 20.4. The number of nitrogens with zero attached hydrogens (tertiary/aromatic N) is 2. The Morgan fingerprint density at radius 2 is 0.903 bits per heavy atom. The van der Waals surface area contributed by atoms with Crippen molar-refractivity contribution in [2.75, 3.05) is 0 Å². The van der Waals surface area contributed by atoms with E-state index in [1.54, 1.807) is 5.56 Å². The minimum absolute atomic E-state index is 0.0859. The Morgan fingerprint density at radius 3 is 1.42 bits per heavy atom. The third kappa shape index (κ3) is 5.48. The molecule has 0 unspecified atom stereocenters. The fraction of sp³-hybridized carbons (Fsp3) is 0.233. The molecule has 2 heteroatoms. The van der Waals surface area contributed by atoms with E-state index in [9.17, 15) is 0 Å². The highest BCUT2D eigenvalue weighted by Gasteiger charge is 2.51. The minimum Gasteiger partial charge on any atom is -0.309 e. The summed E-state index contributed by atoms with van der Waals surface area (Å²) in [6.07, 6.45) is 8.63. The maximum absolute atomic E-state index is 2.60. The first-order valence-corrected chi connectivity index (χ1v) is 23.1. The molecule has 0 aliphatic heterocycles. The molecule has 62 heavy (non-hydrogen) atoms. The average Bonchev–Trinajstić information content (AvgIpc) is 3.80. The number of fused-ring (bicyclic) bond motifs is 7. The number of hydrogen-bond donors (Lipinski definition) is 0. The minimum atomic E-state index is 0.0859. The van der Waals surface area contributed by atoms with E-state index in [0.29, 0.717) is 5.41 Å². The van der Waals surface area contributed by atoms with E-state index in [-0.39, 0.29) is 5.41 Å². The smallest absolute Gasteiger partial charge is 0.0541 e. The molecule has 4 bridgehead atoms. The molecule has 14 rings (SSSR count). The number of aromatic nitrogens is 2. The monoisotopic (exact) mass is 800 g/mol. The first-order chi connectivity index (χ1) is 30.3. The first kappa shape index (κ1) is 36.3. The van der Waals surface area contributed by atoms with Crippen LogP contribution in [-0.2, 0) is 10.8 Å². The van der Waals surface area contributed by atoms with Crippen LogP contribution in [0.25, 0.3) is 88.0 Å². The number of para-hydroxylation sites is 2. The first-order valence-electron chi connectivity index (χ1n) is 23.1. The Hall–Kier alpha value is -6.38. The second-order valence-electron chi connectivity index (χ2n) is 20.4. The topological polar surface area (TPSA) is 9.86 Å². The fourth-order valence-electron chi connectivity index (χ4n) is 13.2. The molecule has 0 saturated heterocycles. The van der Waals surface area contributed by atoms with Crippen molar-refractivity contribution >= 4 is 54.4 Å². The lowest BCUT2D eigenvalue weighted by molar-refractivity contribution is -0.00512. The largest absolute Gasteiger partial charge is 0.309 e. The SMILES string of the molecule is CC(C)(C)c1ccc2c(c1)c1ccccc1n2-c1ccc(-c2cccc3cccc(-c4ccc(-n5c6ccccc6c6cc(C78CC9CC(CC(C9)C7)C8)ccc65)cc4)c23)cc1. The van der Waals surface area contributed by atoms with Gasteiger partial charge in [-0.2, -0.15) is 0 Å². The van der Waals surface area contributed by atoms with Crippen LogP contribution in [0.4, 0.5) is 0 Å². The molecule has 302 valence electrons. The lowest BCUT2D eigenvalue weighted by Gasteiger charge is -2.57. The van der Waals surface area contributed by atoms with Crippen LogP contribution in [0, 0.1) is 17.8 Å². The zero-order valence-corrected chi connectivity index (χ0v) is 36.0. The van der Waals surface area contributed by atoms with Crippen molar-refractivity contribution in [2.45, 2.75) is 70.1 Å². The van der Waals surface area contributed by atoms with Gasteiger partial charge in [0.15, 0.2) is 0 Å². The fourth-order valence-corrected chi connectivity index (χ4v) is 13.2. The Morgan fingerprint density at radius 1 is 0.435 bits per heavy atom. The highest BCUT2D eigenvalue weighted by Crippen LogP contribution is 2.61. The van der Waals surface area contributed by atoms with Gasteiger partial charge in [0.2, 0.25) is 0 Å². The summed E-state index contributed by atoms with van der Waals surface area (Å²) in [5.74, 6) is 2.82. The van der Waals surface area contributed by atoms with Crippen LogP contribution in [0.1, 0.15) is 70.4 Å². The highest BCUT2D eigenvalue weighted by molar-refractivity contribution is 6.11. The van der Waals surface area contributed by atoms with Crippen LogP contribution in [0.15, 0.2) is 170 Å². The van der Waals surface area contributed by atoms with Gasteiger partial charge >= 0.3 is 0 Å². The molecule has 0 atom stereocenters. The second kappa shape index (κ2) is 13.3. The van der Waals surface area contributed by atoms with Crippen LogP contribution in [0.3, 0.4) is 0 Å². The molecule has 2 nitrogen and oxygen atoms in total. The van der Waals surface area contributed by atoms with Crippen molar-refractivity contribution in [3.8, 4) is 33.6 Å². The lowest BCUT2D eigenvalue weighted by atomic mass is 9.48. The van der Waals surface area contributed by atoms with Gasteiger partial charge in [0, 0.05) is 32.9 Å². The number of benzene rings is 8. The van der Waals surface area contributed by atoms with Crippen molar-refractivity contribution in [3.05, 3.63) is 181 Å². The van der Waals surface area contributed by atoms with E-state index < -0.39 is 0 Å². The van der Waals surface area contributed by atoms with Crippen LogP contribution in [0.5, 0.6) is 0 Å². The van der Waals surface area contributed by atoms with Crippen molar-refractivity contribution in [3.63, 3.8) is 0 Å².